The van der Waals surface area contributed by atoms with E-state index in [1.54, 1.807) is 4.98 Å². The first-order chi connectivity index (χ1) is 5.59. The van der Waals surface area contributed by atoms with Crippen LogP contribution in [0.3, 0.4) is 0 Å². The molecule has 0 aliphatic heterocycles. The van der Waals surface area contributed by atoms with Gasteiger partial charge in [0.25, 0.3) is 5.56 Å². The third-order valence-corrected chi connectivity index (χ3v) is 0.946. The van der Waals surface area contributed by atoms with Crippen LogP contribution >= 0.6 is 0 Å². The maximum absolute atomic E-state index is 10.7. The average Bonchev–Trinajstić information content (AvgIpc) is 1.94. The summed E-state index contributed by atoms with van der Waals surface area (Å²) in [5.41, 5.74) is -1.65. The van der Waals surface area contributed by atoms with E-state index in [1.165, 1.54) is 0 Å². The quantitative estimate of drug-likeness (QED) is 0.417. The molecule has 0 atom stereocenters. The smallest absolute Gasteiger partial charge is 0.269 e. The average molecular weight is 173 g/mol. The lowest BCUT2D eigenvalue weighted by atomic mass is 10.7. The first-order valence-electron chi connectivity index (χ1n) is 2.74. The number of rotatable bonds is 2. The number of aromatic nitrogens is 2. The minimum absolute atomic E-state index is 0.293. The lowest BCUT2D eigenvalue weighted by Crippen LogP contribution is -2.35. The Morgan fingerprint density at radius 2 is 2.25 bits per heavy atom. The minimum atomic E-state index is -1.17. The van der Waals surface area contributed by atoms with Gasteiger partial charge in [-0.1, -0.05) is 0 Å². The van der Waals surface area contributed by atoms with Crippen molar-refractivity contribution in [3.63, 3.8) is 0 Å². The van der Waals surface area contributed by atoms with Crippen LogP contribution in [0.15, 0.2) is 21.9 Å². The summed E-state index contributed by atoms with van der Waals surface area (Å²) in [6, 6.07) is 0.922. The van der Waals surface area contributed by atoms with Gasteiger partial charge >= 0.3 is 5.69 Å². The Balaban J connectivity index is 3.10. The van der Waals surface area contributed by atoms with E-state index in [-0.39, 0.29) is 0 Å². The van der Waals surface area contributed by atoms with Gasteiger partial charge in [0, 0.05) is 6.07 Å². The highest BCUT2D eigenvalue weighted by Crippen LogP contribution is 1.69. The second-order valence-electron chi connectivity index (χ2n) is 1.74. The molecule has 0 saturated carbocycles. The molecule has 0 aromatic carbocycles. The van der Waals surface area contributed by atoms with Crippen LogP contribution in [0.5, 0.6) is 0 Å². The highest BCUT2D eigenvalue weighted by Gasteiger charge is 2.01. The van der Waals surface area contributed by atoms with E-state index in [0.717, 1.165) is 12.3 Å². The van der Waals surface area contributed by atoms with Crippen molar-refractivity contribution >= 4 is 0 Å². The highest BCUT2D eigenvalue weighted by molar-refractivity contribution is 4.79. The Hall–Kier alpha value is -2.12. The monoisotopic (exact) mass is 173 g/mol. The van der Waals surface area contributed by atoms with E-state index in [4.69, 9.17) is 0 Å². The Kier molecular flexibility index (Phi) is 1.90. The number of hydrogen-bond acceptors (Lipinski definition) is 5. The van der Waals surface area contributed by atoms with Crippen LogP contribution < -0.4 is 16.2 Å². The summed E-state index contributed by atoms with van der Waals surface area (Å²) < 4.78 is 0.293. The molecule has 0 aliphatic carbocycles. The standard InChI is InChI=1S/C4H3N3O5/c8-3-1-2-6(4(9)5-3)12-7(10)11/h1-2H,(H,5,8,9). The third kappa shape index (κ3) is 1.68. The molecule has 0 saturated heterocycles. The normalized spacial score (nSPS) is 9.33. The van der Waals surface area contributed by atoms with Crippen LogP contribution in [0.1, 0.15) is 0 Å². The van der Waals surface area contributed by atoms with Crippen LogP contribution in [0.4, 0.5) is 0 Å². The Morgan fingerprint density at radius 3 is 2.75 bits per heavy atom. The van der Waals surface area contributed by atoms with Gasteiger partial charge in [0.2, 0.25) is 0 Å². The lowest BCUT2D eigenvalue weighted by molar-refractivity contribution is -0.750. The van der Waals surface area contributed by atoms with Crippen molar-refractivity contribution in [3.8, 4) is 0 Å². The predicted molar refractivity (Wildman–Crippen MR) is 34.9 cm³/mol. The van der Waals surface area contributed by atoms with Crippen molar-refractivity contribution in [2.45, 2.75) is 0 Å². The maximum atomic E-state index is 10.7. The van der Waals surface area contributed by atoms with Crippen LogP contribution in [-0.2, 0) is 0 Å². The fourth-order valence-electron chi connectivity index (χ4n) is 0.541. The molecule has 1 N–H and O–H groups in total. The molecule has 1 aromatic heterocycles. The van der Waals surface area contributed by atoms with Gasteiger partial charge in [0.15, 0.2) is 5.09 Å². The number of nitrogens with one attached hydrogen (secondary N) is 1. The molecule has 8 nitrogen and oxygen atoms in total. The van der Waals surface area contributed by atoms with Gasteiger partial charge < -0.3 is 0 Å². The van der Waals surface area contributed by atoms with Gasteiger partial charge in [-0.2, -0.15) is 4.94 Å². The van der Waals surface area contributed by atoms with Crippen molar-refractivity contribution in [3.05, 3.63) is 43.2 Å². The molecule has 8 heteroatoms. The number of nitrogens with zero attached hydrogens (tertiary/aromatic N) is 2. The fourth-order valence-corrected chi connectivity index (χ4v) is 0.541. The first-order valence-corrected chi connectivity index (χ1v) is 2.74. The third-order valence-electron chi connectivity index (χ3n) is 0.946. The molecule has 64 valence electrons. The SMILES string of the molecule is O=c1ccn(O[N+](=O)[O-])c(=O)[nH]1. The Labute approximate surface area is 64.1 Å². The van der Waals surface area contributed by atoms with Crippen LogP contribution in [0.2, 0.25) is 0 Å². The summed E-state index contributed by atoms with van der Waals surface area (Å²) in [6.07, 6.45) is 0.851. The molecular formula is C4H3N3O5. The van der Waals surface area contributed by atoms with Gasteiger partial charge in [0.1, 0.15) is 6.20 Å². The summed E-state index contributed by atoms with van der Waals surface area (Å²) in [5.74, 6) is 0. The molecule has 0 aliphatic rings. The number of H-pyrrole nitrogens is 1. The first kappa shape index (κ1) is 7.98. The van der Waals surface area contributed by atoms with E-state index < -0.39 is 16.3 Å². The van der Waals surface area contributed by atoms with E-state index in [1.807, 2.05) is 0 Å². The molecule has 0 fully saturated rings. The summed E-state index contributed by atoms with van der Waals surface area (Å²) in [6.45, 7) is 0. The summed E-state index contributed by atoms with van der Waals surface area (Å²) in [4.78, 5) is 36.3. The molecular weight excluding hydrogens is 170 g/mol. The van der Waals surface area contributed by atoms with Gasteiger partial charge in [-0.05, 0) is 4.73 Å². The largest absolute Gasteiger partial charge is 0.442 e. The van der Waals surface area contributed by atoms with Crippen molar-refractivity contribution in [2.24, 2.45) is 0 Å². The Morgan fingerprint density at radius 1 is 1.58 bits per heavy atom. The molecule has 12 heavy (non-hydrogen) atoms. The van der Waals surface area contributed by atoms with Crippen molar-refractivity contribution < 1.29 is 10.0 Å². The molecule has 1 aromatic rings. The summed E-state index contributed by atoms with van der Waals surface area (Å²) in [5, 5.41) is 8.57. The van der Waals surface area contributed by atoms with E-state index in [9.17, 15) is 19.7 Å². The highest BCUT2D eigenvalue weighted by atomic mass is 17.0. The molecule has 1 rings (SSSR count). The van der Waals surface area contributed by atoms with Gasteiger partial charge in [0.05, 0.1) is 0 Å². The van der Waals surface area contributed by atoms with Crippen molar-refractivity contribution in [1.29, 1.82) is 0 Å². The molecule has 0 radical (unpaired) electrons. The van der Waals surface area contributed by atoms with Crippen LogP contribution in [-0.4, -0.2) is 14.8 Å². The molecule has 0 amide bonds. The van der Waals surface area contributed by atoms with E-state index in [0.29, 0.717) is 4.73 Å². The maximum Gasteiger partial charge on any atom is 0.442 e. The summed E-state index contributed by atoms with van der Waals surface area (Å²) in [7, 11) is 0. The minimum Gasteiger partial charge on any atom is -0.269 e. The van der Waals surface area contributed by atoms with E-state index in [2.05, 4.69) is 4.94 Å². The lowest BCUT2D eigenvalue weighted by Gasteiger charge is -1.95. The second-order valence-corrected chi connectivity index (χ2v) is 1.74. The van der Waals surface area contributed by atoms with Crippen molar-refractivity contribution in [2.75, 3.05) is 0 Å². The zero-order chi connectivity index (χ0) is 9.14. The molecule has 0 bridgehead atoms. The number of hydrogen-bond donors (Lipinski definition) is 1. The zero-order valence-corrected chi connectivity index (χ0v) is 5.59. The Bertz CT molecular complexity index is 404. The topological polar surface area (TPSA) is 107 Å². The molecule has 0 unspecified atom stereocenters. The van der Waals surface area contributed by atoms with Gasteiger partial charge in [-0.15, -0.1) is 0 Å². The van der Waals surface area contributed by atoms with Crippen LogP contribution in [0.25, 0.3) is 0 Å². The molecule has 0 spiro atoms. The van der Waals surface area contributed by atoms with Crippen molar-refractivity contribution in [1.82, 2.24) is 9.71 Å². The predicted octanol–water partition coefficient (Wildman–Crippen LogP) is -1.84. The fraction of sp³-hybridized carbons (Fsp3) is 0. The van der Waals surface area contributed by atoms with Gasteiger partial charge in [-0.3, -0.25) is 9.78 Å². The molecule has 1 heterocycles. The van der Waals surface area contributed by atoms with Crippen LogP contribution in [0, 0.1) is 10.1 Å². The van der Waals surface area contributed by atoms with E-state index >= 15 is 0 Å². The zero-order valence-electron chi connectivity index (χ0n) is 5.59. The number of aromatic amines is 1. The summed E-state index contributed by atoms with van der Waals surface area (Å²) >= 11 is 0. The second kappa shape index (κ2) is 2.86. The van der Waals surface area contributed by atoms with Gasteiger partial charge in [-0.25, -0.2) is 14.9 Å².